The first-order valence-electron chi connectivity index (χ1n) is 1.15. The van der Waals surface area contributed by atoms with Crippen LogP contribution in [0.1, 0.15) is 0 Å². The highest BCUT2D eigenvalue weighted by atomic mass is 32.8. The van der Waals surface area contributed by atoms with E-state index in [0.717, 1.165) is 0 Å². The van der Waals surface area contributed by atoms with Gasteiger partial charge in [0.1, 0.15) is 0 Å². The molecule has 32 valence electrons. The number of rotatable bonds is 0. The Morgan fingerprint density at radius 3 is 1.60 bits per heavy atom. The summed E-state index contributed by atoms with van der Waals surface area (Å²) in [4.78, 5) is 0. The minimum absolute atomic E-state index is 1.53. The molecule has 0 rings (SSSR count). The third-order valence-corrected chi connectivity index (χ3v) is 0. The Labute approximate surface area is 37.1 Å². The maximum absolute atomic E-state index is 10.0. The smallest absolute Gasteiger partial charge is 0.0253 e. The first-order valence-corrected chi connectivity index (χ1v) is 4.45. The Morgan fingerprint density at radius 2 is 1.60 bits per heavy atom. The van der Waals surface area contributed by atoms with E-state index < -0.39 is 8.49 Å². The Bertz CT molecular complexity index is 90.8. The third-order valence-electron chi connectivity index (χ3n) is 0. The molecule has 0 N–H and O–H groups in total. The SMILES string of the molecule is CS(C)(=O)=S. The van der Waals surface area contributed by atoms with Crippen molar-refractivity contribution in [3.8, 4) is 0 Å². The molecule has 0 heterocycles. The van der Waals surface area contributed by atoms with E-state index in [0.29, 0.717) is 0 Å². The summed E-state index contributed by atoms with van der Waals surface area (Å²) in [6.07, 6.45) is 3.06. The van der Waals surface area contributed by atoms with Crippen molar-refractivity contribution in [3.05, 3.63) is 0 Å². The molecule has 1 nitrogen and oxygen atoms in total. The summed E-state index contributed by atoms with van der Waals surface area (Å²) in [6.45, 7) is 0. The van der Waals surface area contributed by atoms with E-state index in [1.807, 2.05) is 0 Å². The average Bonchev–Trinajstić information content (AvgIpc) is 0.722. The molecule has 0 atom stereocenters. The van der Waals surface area contributed by atoms with Gasteiger partial charge in [-0.1, -0.05) is 0 Å². The van der Waals surface area contributed by atoms with Gasteiger partial charge in [0.2, 0.25) is 0 Å². The monoisotopic (exact) mass is 110 g/mol. The van der Waals surface area contributed by atoms with Gasteiger partial charge in [-0.2, -0.15) is 0 Å². The van der Waals surface area contributed by atoms with Crippen molar-refractivity contribution < 1.29 is 4.21 Å². The zero-order chi connectivity index (χ0) is 4.50. The third kappa shape index (κ3) is 179. The molecular formula is C2H6OS2. The summed E-state index contributed by atoms with van der Waals surface area (Å²) >= 11 is 4.35. The molecule has 0 aromatic carbocycles. The zero-order valence-electron chi connectivity index (χ0n) is 3.22. The fourth-order valence-corrected chi connectivity index (χ4v) is 0. The fourth-order valence-electron chi connectivity index (χ4n) is 0. The fraction of sp³-hybridized carbons (Fsp3) is 1.00. The molecule has 0 bridgehead atoms. The van der Waals surface area contributed by atoms with Crippen LogP contribution in [-0.4, -0.2) is 16.7 Å². The normalized spacial score (nSPS) is 11.6. The Morgan fingerprint density at radius 1 is 1.60 bits per heavy atom. The summed E-state index contributed by atoms with van der Waals surface area (Å²) in [6, 6.07) is 0. The van der Waals surface area contributed by atoms with Gasteiger partial charge in [0.15, 0.2) is 0 Å². The standard InChI is InChI=1S/C2H6OS2/c1-5(2,3)4/h1-2H3. The number of hydrogen-bond acceptors (Lipinski definition) is 2. The first kappa shape index (κ1) is 5.37. The highest BCUT2D eigenvalue weighted by Gasteiger charge is 1.73. The molecule has 0 aliphatic carbocycles. The topological polar surface area (TPSA) is 17.1 Å². The van der Waals surface area contributed by atoms with E-state index in [1.54, 1.807) is 0 Å². The van der Waals surface area contributed by atoms with Gasteiger partial charge in [-0.05, 0) is 11.2 Å². The van der Waals surface area contributed by atoms with Crippen LogP contribution in [0.2, 0.25) is 0 Å². The lowest BCUT2D eigenvalue weighted by atomic mass is 11.9. The molecule has 0 saturated heterocycles. The van der Waals surface area contributed by atoms with Gasteiger partial charge >= 0.3 is 0 Å². The van der Waals surface area contributed by atoms with Crippen molar-refractivity contribution in [1.82, 2.24) is 0 Å². The molecule has 0 aromatic heterocycles. The molecule has 3 heteroatoms. The maximum atomic E-state index is 10.0. The molecule has 0 spiro atoms. The molecule has 0 aliphatic rings. The molecule has 0 radical (unpaired) electrons. The van der Waals surface area contributed by atoms with E-state index in [9.17, 15) is 4.21 Å². The first-order chi connectivity index (χ1) is 2.00. The largest absolute Gasteiger partial charge is 0.257 e. The van der Waals surface area contributed by atoms with Crippen LogP contribution in [0.25, 0.3) is 0 Å². The minimum atomic E-state index is -1.83. The second-order valence-electron chi connectivity index (χ2n) is 1.14. The van der Waals surface area contributed by atoms with Crippen LogP contribution in [-0.2, 0) is 19.7 Å². The molecule has 0 amide bonds. The highest BCUT2D eigenvalue weighted by Crippen LogP contribution is 1.64. The second kappa shape index (κ2) is 1.22. The summed E-state index contributed by atoms with van der Waals surface area (Å²) in [5.41, 5.74) is 0. The Balaban J connectivity index is 4.06. The van der Waals surface area contributed by atoms with Gasteiger partial charge in [-0.25, -0.2) is 0 Å². The van der Waals surface area contributed by atoms with Crippen LogP contribution in [0, 0.1) is 0 Å². The zero-order valence-corrected chi connectivity index (χ0v) is 4.86. The van der Waals surface area contributed by atoms with Gasteiger partial charge in [0, 0.05) is 21.0 Å². The quantitative estimate of drug-likeness (QED) is 0.436. The van der Waals surface area contributed by atoms with Crippen molar-refractivity contribution in [2.75, 3.05) is 12.5 Å². The Kier molecular flexibility index (Phi) is 1.31. The predicted molar refractivity (Wildman–Crippen MR) is 27.4 cm³/mol. The van der Waals surface area contributed by atoms with Gasteiger partial charge < -0.3 is 0 Å². The van der Waals surface area contributed by atoms with Crippen molar-refractivity contribution in [2.24, 2.45) is 0 Å². The van der Waals surface area contributed by atoms with Crippen molar-refractivity contribution in [2.45, 2.75) is 0 Å². The van der Waals surface area contributed by atoms with Crippen molar-refractivity contribution >= 4 is 19.7 Å². The van der Waals surface area contributed by atoms with E-state index in [-0.39, 0.29) is 0 Å². The molecule has 0 fully saturated rings. The summed E-state index contributed by atoms with van der Waals surface area (Å²) in [7, 11) is -1.83. The van der Waals surface area contributed by atoms with Crippen LogP contribution in [0.15, 0.2) is 0 Å². The van der Waals surface area contributed by atoms with E-state index >= 15 is 0 Å². The summed E-state index contributed by atoms with van der Waals surface area (Å²) < 4.78 is 10.0. The molecule has 0 unspecified atom stereocenters. The minimum Gasteiger partial charge on any atom is -0.257 e. The molecule has 0 saturated carbocycles. The maximum Gasteiger partial charge on any atom is 0.0253 e. The predicted octanol–water partition coefficient (Wildman–Crippen LogP) is -0.00770. The van der Waals surface area contributed by atoms with E-state index in [4.69, 9.17) is 0 Å². The van der Waals surface area contributed by atoms with Gasteiger partial charge in [-0.3, -0.25) is 4.21 Å². The summed E-state index contributed by atoms with van der Waals surface area (Å²) in [5.74, 6) is 0. The highest BCUT2D eigenvalue weighted by molar-refractivity contribution is 8.32. The summed E-state index contributed by atoms with van der Waals surface area (Å²) in [5, 5.41) is 0. The van der Waals surface area contributed by atoms with Crippen LogP contribution in [0.5, 0.6) is 0 Å². The van der Waals surface area contributed by atoms with Crippen molar-refractivity contribution in [1.29, 1.82) is 0 Å². The Hall–Kier alpha value is 0.370. The lowest BCUT2D eigenvalue weighted by Gasteiger charge is -1.74. The van der Waals surface area contributed by atoms with Crippen LogP contribution in [0.4, 0.5) is 0 Å². The molecule has 0 aliphatic heterocycles. The lowest BCUT2D eigenvalue weighted by molar-refractivity contribution is 0.689. The van der Waals surface area contributed by atoms with Gasteiger partial charge in [0.25, 0.3) is 0 Å². The van der Waals surface area contributed by atoms with E-state index in [1.165, 1.54) is 12.5 Å². The van der Waals surface area contributed by atoms with Crippen LogP contribution in [0.3, 0.4) is 0 Å². The number of hydrogen-bond donors (Lipinski definition) is 0. The van der Waals surface area contributed by atoms with Crippen LogP contribution >= 0.6 is 0 Å². The van der Waals surface area contributed by atoms with Crippen molar-refractivity contribution in [3.63, 3.8) is 0 Å². The van der Waals surface area contributed by atoms with E-state index in [2.05, 4.69) is 11.2 Å². The lowest BCUT2D eigenvalue weighted by Crippen LogP contribution is -1.83. The average molecular weight is 110 g/mol. The van der Waals surface area contributed by atoms with Crippen LogP contribution < -0.4 is 0 Å². The second-order valence-corrected chi connectivity index (χ2v) is 5.84. The molecule has 5 heavy (non-hydrogen) atoms. The van der Waals surface area contributed by atoms with Gasteiger partial charge in [0.05, 0.1) is 0 Å². The van der Waals surface area contributed by atoms with Gasteiger partial charge in [-0.15, -0.1) is 0 Å². The molecular weight excluding hydrogens is 104 g/mol. The molecule has 0 aromatic rings.